The van der Waals surface area contributed by atoms with Gasteiger partial charge in [-0.25, -0.2) is 0 Å². The van der Waals surface area contributed by atoms with Gasteiger partial charge in [0.15, 0.2) is 0 Å². The zero-order valence-corrected chi connectivity index (χ0v) is 19.1. The lowest BCUT2D eigenvalue weighted by Gasteiger charge is -2.09. The van der Waals surface area contributed by atoms with Crippen LogP contribution in [0.15, 0.2) is 72.8 Å². The molecule has 0 aliphatic heterocycles. The summed E-state index contributed by atoms with van der Waals surface area (Å²) >= 11 is 0. The molecule has 0 saturated carbocycles. The Labute approximate surface area is 190 Å². The van der Waals surface area contributed by atoms with Gasteiger partial charge in [0.05, 0.1) is 14.2 Å². The molecule has 0 amide bonds. The van der Waals surface area contributed by atoms with E-state index in [2.05, 4.69) is 111 Å². The summed E-state index contributed by atoms with van der Waals surface area (Å²) in [5.74, 6) is 1.80. The lowest BCUT2D eigenvalue weighted by atomic mass is 9.97. The maximum absolute atomic E-state index is 5.49. The fraction of sp³-hybridized carbons (Fsp3) is 0.133. The van der Waals surface area contributed by atoms with Crippen molar-refractivity contribution in [1.29, 1.82) is 0 Å². The number of hydrogen-bond donors (Lipinski definition) is 0. The second-order valence-corrected chi connectivity index (χ2v) is 7.91. The maximum atomic E-state index is 5.49. The molecule has 160 valence electrons. The van der Waals surface area contributed by atoms with Gasteiger partial charge in [0.2, 0.25) is 0 Å². The molecule has 0 aliphatic carbocycles. The lowest BCUT2D eigenvalue weighted by molar-refractivity contribution is 0.411. The second-order valence-electron chi connectivity index (χ2n) is 7.91. The van der Waals surface area contributed by atoms with Crippen LogP contribution < -0.4 is 9.47 Å². The number of fused-ring (bicyclic) bond motifs is 1. The van der Waals surface area contributed by atoms with Gasteiger partial charge < -0.3 is 9.47 Å². The lowest BCUT2D eigenvalue weighted by Crippen LogP contribution is -1.88. The molecule has 0 aromatic heterocycles. The highest BCUT2D eigenvalue weighted by molar-refractivity contribution is 5.97. The molecule has 0 fully saturated rings. The summed E-state index contributed by atoms with van der Waals surface area (Å²) in [5.41, 5.74) is 6.84. The molecule has 4 rings (SSSR count). The third kappa shape index (κ3) is 4.60. The van der Waals surface area contributed by atoms with Gasteiger partial charge in [0.1, 0.15) is 11.5 Å². The number of ether oxygens (including phenoxy) is 2. The van der Waals surface area contributed by atoms with E-state index in [4.69, 9.17) is 9.47 Å². The van der Waals surface area contributed by atoms with Gasteiger partial charge in [-0.05, 0) is 70.1 Å². The monoisotopic (exact) mass is 420 g/mol. The van der Waals surface area contributed by atoms with E-state index < -0.39 is 0 Å². The highest BCUT2D eigenvalue weighted by Gasteiger charge is 2.05. The summed E-state index contributed by atoms with van der Waals surface area (Å²) < 4.78 is 11.0. The third-order valence-electron chi connectivity index (χ3n) is 5.77. The fourth-order valence-electron chi connectivity index (χ4n) is 3.89. The van der Waals surface area contributed by atoms with Crippen LogP contribution in [0.3, 0.4) is 0 Å². The molecular formula is C30H28O2. The summed E-state index contributed by atoms with van der Waals surface area (Å²) in [4.78, 5) is 0. The van der Waals surface area contributed by atoms with Crippen molar-refractivity contribution in [3.63, 3.8) is 0 Å². The van der Waals surface area contributed by atoms with Crippen molar-refractivity contribution in [1.82, 2.24) is 0 Å². The van der Waals surface area contributed by atoms with Crippen molar-refractivity contribution in [2.45, 2.75) is 13.8 Å². The Hall–Kier alpha value is -3.78. The van der Waals surface area contributed by atoms with Crippen LogP contribution in [0.4, 0.5) is 0 Å². The van der Waals surface area contributed by atoms with Gasteiger partial charge in [0, 0.05) is 0 Å². The van der Waals surface area contributed by atoms with Crippen molar-refractivity contribution in [2.24, 2.45) is 0 Å². The van der Waals surface area contributed by atoms with E-state index in [0.717, 1.165) is 33.8 Å². The Balaban J connectivity index is 1.76. The molecule has 0 aliphatic rings. The smallest absolute Gasteiger partial charge is 0.122 e. The van der Waals surface area contributed by atoms with Crippen LogP contribution in [0.25, 0.3) is 35.1 Å². The third-order valence-corrected chi connectivity index (χ3v) is 5.77. The number of methoxy groups -OCH3 is 2. The quantitative estimate of drug-likeness (QED) is 0.296. The minimum absolute atomic E-state index is 0.901. The Morgan fingerprint density at radius 3 is 1.81 bits per heavy atom. The van der Waals surface area contributed by atoms with E-state index in [1.165, 1.54) is 21.9 Å². The van der Waals surface area contributed by atoms with Crippen molar-refractivity contribution in [2.75, 3.05) is 14.2 Å². The zero-order valence-electron chi connectivity index (χ0n) is 19.1. The molecule has 0 heterocycles. The van der Waals surface area contributed by atoms with Crippen molar-refractivity contribution >= 4 is 35.1 Å². The molecule has 0 unspecified atom stereocenters. The van der Waals surface area contributed by atoms with E-state index >= 15 is 0 Å². The van der Waals surface area contributed by atoms with E-state index in [-0.39, 0.29) is 0 Å². The van der Waals surface area contributed by atoms with E-state index in [1.807, 2.05) is 0 Å². The Kier molecular flexibility index (Phi) is 6.42. The van der Waals surface area contributed by atoms with Gasteiger partial charge in [-0.1, -0.05) is 85.0 Å². The van der Waals surface area contributed by atoms with E-state index in [9.17, 15) is 0 Å². The molecule has 0 radical (unpaired) electrons. The van der Waals surface area contributed by atoms with Crippen LogP contribution in [0.1, 0.15) is 33.4 Å². The summed E-state index contributed by atoms with van der Waals surface area (Å²) in [6, 6.07) is 25.4. The van der Waals surface area contributed by atoms with Crippen molar-refractivity contribution < 1.29 is 9.47 Å². The van der Waals surface area contributed by atoms with Crippen LogP contribution in [0.5, 0.6) is 11.5 Å². The number of rotatable bonds is 6. The van der Waals surface area contributed by atoms with E-state index in [1.54, 1.807) is 14.2 Å². The molecule has 0 bridgehead atoms. The summed E-state index contributed by atoms with van der Waals surface area (Å²) in [7, 11) is 3.42. The van der Waals surface area contributed by atoms with E-state index in [0.29, 0.717) is 0 Å². The molecule has 4 aromatic rings. The Bertz CT molecular complexity index is 1310. The molecule has 32 heavy (non-hydrogen) atoms. The largest absolute Gasteiger partial charge is 0.496 e. The van der Waals surface area contributed by atoms with Crippen LogP contribution in [-0.4, -0.2) is 14.2 Å². The highest BCUT2D eigenvalue weighted by atomic mass is 16.5. The van der Waals surface area contributed by atoms with Gasteiger partial charge in [-0.15, -0.1) is 0 Å². The molecular weight excluding hydrogens is 392 g/mol. The van der Waals surface area contributed by atoms with Crippen molar-refractivity contribution in [3.05, 3.63) is 106 Å². The second kappa shape index (κ2) is 9.57. The Morgan fingerprint density at radius 1 is 0.594 bits per heavy atom. The molecule has 0 spiro atoms. The minimum Gasteiger partial charge on any atom is -0.496 e. The number of hydrogen-bond acceptors (Lipinski definition) is 2. The van der Waals surface area contributed by atoms with Crippen LogP contribution in [-0.2, 0) is 0 Å². The summed E-state index contributed by atoms with van der Waals surface area (Å²) in [6.07, 6.45) is 8.65. The topological polar surface area (TPSA) is 18.5 Å². The van der Waals surface area contributed by atoms with Gasteiger partial charge in [0.25, 0.3) is 0 Å². The average molecular weight is 421 g/mol. The molecule has 4 aromatic carbocycles. The number of aryl methyl sites for hydroxylation is 2. The van der Waals surface area contributed by atoms with Gasteiger partial charge >= 0.3 is 0 Å². The fourth-order valence-corrected chi connectivity index (χ4v) is 3.89. The molecule has 2 heteroatoms. The van der Waals surface area contributed by atoms with Gasteiger partial charge in [-0.3, -0.25) is 0 Å². The van der Waals surface area contributed by atoms with Crippen LogP contribution in [0.2, 0.25) is 0 Å². The highest BCUT2D eigenvalue weighted by Crippen LogP contribution is 2.28. The normalized spacial score (nSPS) is 11.5. The molecule has 0 N–H and O–H groups in total. The molecule has 0 atom stereocenters. The minimum atomic E-state index is 0.901. The first-order valence-corrected chi connectivity index (χ1v) is 10.8. The summed E-state index contributed by atoms with van der Waals surface area (Å²) in [5, 5.41) is 2.45. The predicted octanol–water partition coefficient (Wildman–Crippen LogP) is 7.81. The predicted molar refractivity (Wildman–Crippen MR) is 137 cm³/mol. The first-order chi connectivity index (χ1) is 15.6. The maximum Gasteiger partial charge on any atom is 0.122 e. The molecule has 2 nitrogen and oxygen atoms in total. The summed E-state index contributed by atoms with van der Waals surface area (Å²) in [6.45, 7) is 4.11. The number of benzene rings is 4. The van der Waals surface area contributed by atoms with Crippen LogP contribution in [0, 0.1) is 13.8 Å². The average Bonchev–Trinajstić information content (AvgIpc) is 2.83. The van der Waals surface area contributed by atoms with Crippen molar-refractivity contribution in [3.8, 4) is 11.5 Å². The van der Waals surface area contributed by atoms with Crippen LogP contribution >= 0.6 is 0 Å². The molecule has 0 saturated heterocycles. The SMILES string of the molecule is COc1cc(/C=C\c2ccc3ccccc3c2/C=C\c2ccc(C)c(OC)c2)ccc1C. The zero-order chi connectivity index (χ0) is 22.5. The first kappa shape index (κ1) is 21.5. The van der Waals surface area contributed by atoms with Gasteiger partial charge in [-0.2, -0.15) is 0 Å². The Morgan fingerprint density at radius 2 is 1.19 bits per heavy atom. The first-order valence-electron chi connectivity index (χ1n) is 10.8. The standard InChI is InChI=1S/C30H28O2/c1-21-9-11-23(19-29(21)31-3)13-15-26-17-16-25-7-5-6-8-27(25)28(26)18-14-24-12-10-22(2)30(20-24)32-4/h5-20H,1-4H3/b15-13-,18-14-.